The molecule has 0 atom stereocenters. The largest absolute Gasteiger partial charge is 0.325 e. The van der Waals surface area contributed by atoms with E-state index in [1.807, 2.05) is 12.1 Å². The summed E-state index contributed by atoms with van der Waals surface area (Å²) in [5.41, 5.74) is 0.534. The number of nitrogens with one attached hydrogen (secondary N) is 1. The number of rotatable bonds is 5. The lowest BCUT2D eigenvalue weighted by molar-refractivity contribution is -0.113. The van der Waals surface area contributed by atoms with Crippen molar-refractivity contribution in [3.05, 3.63) is 64.5 Å². The quantitative estimate of drug-likeness (QED) is 0.492. The first-order valence-electron chi connectivity index (χ1n) is 9.41. The van der Waals surface area contributed by atoms with Crippen LogP contribution < -0.4 is 10.9 Å². The molecule has 3 aromatic rings. The number of benzene rings is 2. The molecule has 0 bridgehead atoms. The molecule has 1 aromatic heterocycles. The average Bonchev–Trinajstić information content (AvgIpc) is 3.20. The van der Waals surface area contributed by atoms with Gasteiger partial charge >= 0.3 is 0 Å². The maximum absolute atomic E-state index is 13.3. The standard InChI is InChI=1S/C21H19F2N3O2S/c22-13-9-14(23)11-15(10-13)24-19(27)12-29-21-25-18-8-4-3-7-17(18)20(28)26(21)16-5-1-2-6-16/h3-4,7-11,16H,1-2,5-6,12H2,(H,24,27). The minimum absolute atomic E-state index is 0.0321. The van der Waals surface area contributed by atoms with Gasteiger partial charge in [-0.3, -0.25) is 14.2 Å². The first-order chi connectivity index (χ1) is 14.0. The van der Waals surface area contributed by atoms with Crippen LogP contribution in [0.2, 0.25) is 0 Å². The maximum atomic E-state index is 13.3. The van der Waals surface area contributed by atoms with E-state index in [4.69, 9.17) is 0 Å². The average molecular weight is 415 g/mol. The number of halogens is 2. The van der Waals surface area contributed by atoms with Gasteiger partial charge in [-0.1, -0.05) is 36.7 Å². The van der Waals surface area contributed by atoms with Crippen LogP contribution in [0.15, 0.2) is 52.4 Å². The molecule has 0 unspecified atom stereocenters. The Morgan fingerprint density at radius 1 is 1.14 bits per heavy atom. The molecule has 1 saturated carbocycles. The molecule has 4 rings (SSSR count). The lowest BCUT2D eigenvalue weighted by Crippen LogP contribution is -2.27. The van der Waals surface area contributed by atoms with Crippen LogP contribution in [-0.4, -0.2) is 21.2 Å². The molecule has 29 heavy (non-hydrogen) atoms. The number of carbonyl (C=O) groups is 1. The van der Waals surface area contributed by atoms with Crippen LogP contribution in [0, 0.1) is 11.6 Å². The minimum Gasteiger partial charge on any atom is -0.325 e. The number of aromatic nitrogens is 2. The Balaban J connectivity index is 1.58. The summed E-state index contributed by atoms with van der Waals surface area (Å²) in [5, 5.41) is 3.53. The zero-order valence-electron chi connectivity index (χ0n) is 15.5. The second kappa shape index (κ2) is 8.32. The zero-order chi connectivity index (χ0) is 20.4. The molecule has 0 radical (unpaired) electrons. The van der Waals surface area contributed by atoms with E-state index in [-0.39, 0.29) is 23.0 Å². The van der Waals surface area contributed by atoms with Gasteiger partial charge in [-0.2, -0.15) is 0 Å². The van der Waals surface area contributed by atoms with Gasteiger partial charge in [-0.05, 0) is 37.1 Å². The second-order valence-electron chi connectivity index (χ2n) is 7.02. The summed E-state index contributed by atoms with van der Waals surface area (Å²) < 4.78 is 28.3. The molecule has 0 aliphatic heterocycles. The molecular weight excluding hydrogens is 396 g/mol. The van der Waals surface area contributed by atoms with E-state index in [0.717, 1.165) is 55.6 Å². The van der Waals surface area contributed by atoms with E-state index in [1.165, 1.54) is 0 Å². The molecule has 1 heterocycles. The molecule has 0 saturated heterocycles. The molecule has 1 N–H and O–H groups in total. The van der Waals surface area contributed by atoms with Gasteiger partial charge in [0.15, 0.2) is 5.16 Å². The van der Waals surface area contributed by atoms with Crippen molar-refractivity contribution in [2.24, 2.45) is 0 Å². The highest BCUT2D eigenvalue weighted by atomic mass is 32.2. The number of hydrogen-bond donors (Lipinski definition) is 1. The zero-order valence-corrected chi connectivity index (χ0v) is 16.3. The smallest absolute Gasteiger partial charge is 0.262 e. The Bertz CT molecular complexity index is 1110. The molecule has 5 nitrogen and oxygen atoms in total. The van der Waals surface area contributed by atoms with Gasteiger partial charge in [0, 0.05) is 17.8 Å². The summed E-state index contributed by atoms with van der Waals surface area (Å²) in [6, 6.07) is 10.1. The van der Waals surface area contributed by atoms with Crippen molar-refractivity contribution in [1.82, 2.24) is 9.55 Å². The summed E-state index contributed by atoms with van der Waals surface area (Å²) in [7, 11) is 0. The van der Waals surface area contributed by atoms with Gasteiger partial charge in [0.2, 0.25) is 5.91 Å². The predicted octanol–water partition coefficient (Wildman–Crippen LogP) is 4.52. The monoisotopic (exact) mass is 415 g/mol. The molecule has 8 heteroatoms. The molecular formula is C21H19F2N3O2S. The number of para-hydroxylation sites is 1. The van der Waals surface area contributed by atoms with Crippen molar-refractivity contribution in [3.8, 4) is 0 Å². The van der Waals surface area contributed by atoms with Crippen molar-refractivity contribution in [1.29, 1.82) is 0 Å². The summed E-state index contributed by atoms with van der Waals surface area (Å²) in [6.45, 7) is 0. The van der Waals surface area contributed by atoms with Crippen LogP contribution in [0.25, 0.3) is 10.9 Å². The fourth-order valence-electron chi connectivity index (χ4n) is 3.66. The summed E-state index contributed by atoms with van der Waals surface area (Å²) in [4.78, 5) is 30.0. The first-order valence-corrected chi connectivity index (χ1v) is 10.4. The number of fused-ring (bicyclic) bond motifs is 1. The van der Waals surface area contributed by atoms with E-state index >= 15 is 0 Å². The highest BCUT2D eigenvalue weighted by Gasteiger charge is 2.23. The fraction of sp³-hybridized carbons (Fsp3) is 0.286. The lowest BCUT2D eigenvalue weighted by Gasteiger charge is -2.18. The first kappa shape index (κ1) is 19.6. The number of carbonyl (C=O) groups excluding carboxylic acids is 1. The Labute approximate surface area is 170 Å². The van der Waals surface area contributed by atoms with Crippen LogP contribution in [0.3, 0.4) is 0 Å². The highest BCUT2D eigenvalue weighted by molar-refractivity contribution is 7.99. The fourth-order valence-corrected chi connectivity index (χ4v) is 4.53. The van der Waals surface area contributed by atoms with E-state index in [1.54, 1.807) is 16.7 Å². The van der Waals surface area contributed by atoms with Crippen molar-refractivity contribution in [2.45, 2.75) is 36.9 Å². The van der Waals surface area contributed by atoms with E-state index in [9.17, 15) is 18.4 Å². The van der Waals surface area contributed by atoms with Gasteiger partial charge in [0.1, 0.15) is 11.6 Å². The van der Waals surface area contributed by atoms with Crippen molar-refractivity contribution in [2.75, 3.05) is 11.1 Å². The molecule has 1 amide bonds. The van der Waals surface area contributed by atoms with Gasteiger partial charge in [0.05, 0.1) is 16.7 Å². The SMILES string of the molecule is O=C(CSc1nc2ccccc2c(=O)n1C1CCCC1)Nc1cc(F)cc(F)c1. The van der Waals surface area contributed by atoms with Crippen LogP contribution in [0.4, 0.5) is 14.5 Å². The third kappa shape index (κ3) is 4.32. The Hall–Kier alpha value is -2.74. The third-order valence-electron chi connectivity index (χ3n) is 4.94. The van der Waals surface area contributed by atoms with Gasteiger partial charge in [-0.15, -0.1) is 0 Å². The molecule has 150 valence electrons. The third-order valence-corrected chi connectivity index (χ3v) is 5.90. The molecule has 1 aliphatic rings. The highest BCUT2D eigenvalue weighted by Crippen LogP contribution is 2.32. The minimum atomic E-state index is -0.765. The van der Waals surface area contributed by atoms with E-state index in [2.05, 4.69) is 10.3 Å². The Morgan fingerprint density at radius 3 is 2.55 bits per heavy atom. The summed E-state index contributed by atoms with van der Waals surface area (Å²) in [5.74, 6) is -1.99. The Morgan fingerprint density at radius 2 is 1.83 bits per heavy atom. The van der Waals surface area contributed by atoms with E-state index < -0.39 is 17.5 Å². The van der Waals surface area contributed by atoms with Crippen molar-refractivity contribution >= 4 is 34.3 Å². The summed E-state index contributed by atoms with van der Waals surface area (Å²) >= 11 is 1.15. The normalized spacial score (nSPS) is 14.4. The van der Waals surface area contributed by atoms with Crippen LogP contribution in [0.1, 0.15) is 31.7 Å². The maximum Gasteiger partial charge on any atom is 0.262 e. The van der Waals surface area contributed by atoms with Crippen LogP contribution in [-0.2, 0) is 4.79 Å². The molecule has 1 aliphatic carbocycles. The van der Waals surface area contributed by atoms with Gasteiger partial charge in [0.25, 0.3) is 5.56 Å². The van der Waals surface area contributed by atoms with Crippen LogP contribution in [0.5, 0.6) is 0 Å². The topological polar surface area (TPSA) is 64.0 Å². The van der Waals surface area contributed by atoms with Gasteiger partial charge < -0.3 is 5.32 Å². The molecule has 1 fully saturated rings. The van der Waals surface area contributed by atoms with E-state index in [0.29, 0.717) is 16.1 Å². The number of amides is 1. The number of nitrogens with zero attached hydrogens (tertiary/aromatic N) is 2. The number of anilines is 1. The summed E-state index contributed by atoms with van der Waals surface area (Å²) in [6.07, 6.45) is 3.92. The number of thioether (sulfide) groups is 1. The second-order valence-corrected chi connectivity index (χ2v) is 7.96. The van der Waals surface area contributed by atoms with Crippen molar-refractivity contribution < 1.29 is 13.6 Å². The predicted molar refractivity (Wildman–Crippen MR) is 109 cm³/mol. The molecule has 0 spiro atoms. The lowest BCUT2D eigenvalue weighted by atomic mass is 10.2. The van der Waals surface area contributed by atoms with Gasteiger partial charge in [-0.25, -0.2) is 13.8 Å². The van der Waals surface area contributed by atoms with Crippen LogP contribution >= 0.6 is 11.8 Å². The van der Waals surface area contributed by atoms with Crippen molar-refractivity contribution in [3.63, 3.8) is 0 Å². The molecule has 2 aromatic carbocycles. The Kier molecular flexibility index (Phi) is 5.62. The number of hydrogen-bond acceptors (Lipinski definition) is 4.